The van der Waals surface area contributed by atoms with Crippen molar-refractivity contribution in [2.45, 2.75) is 31.8 Å². The number of furan rings is 1. The van der Waals surface area contributed by atoms with Crippen molar-refractivity contribution in [3.63, 3.8) is 0 Å². The molecule has 0 aliphatic heterocycles. The SMILES string of the molecule is O=C(Cn1nc(C2CC2)c2cnn(-c3ccccc3)c2c1=O)NCc1ccco1. The highest BCUT2D eigenvalue weighted by molar-refractivity contribution is 5.83. The zero-order chi connectivity index (χ0) is 19.8. The Balaban J connectivity index is 1.52. The first-order valence-corrected chi connectivity index (χ1v) is 9.54. The van der Waals surface area contributed by atoms with E-state index >= 15 is 0 Å². The molecule has 0 saturated heterocycles. The summed E-state index contributed by atoms with van der Waals surface area (Å²) in [5, 5.41) is 12.5. The Morgan fingerprint density at radius 1 is 1.17 bits per heavy atom. The van der Waals surface area contributed by atoms with Gasteiger partial charge in [-0.15, -0.1) is 0 Å². The van der Waals surface area contributed by atoms with Crippen molar-refractivity contribution in [2.24, 2.45) is 0 Å². The number of benzene rings is 1. The molecule has 0 bridgehead atoms. The van der Waals surface area contributed by atoms with E-state index in [1.165, 1.54) is 4.68 Å². The smallest absolute Gasteiger partial charge is 0.293 e. The van der Waals surface area contributed by atoms with E-state index in [-0.39, 0.29) is 24.6 Å². The topological polar surface area (TPSA) is 95.0 Å². The van der Waals surface area contributed by atoms with Crippen LogP contribution in [0.25, 0.3) is 16.6 Å². The lowest BCUT2D eigenvalue weighted by Gasteiger charge is -2.10. The van der Waals surface area contributed by atoms with Gasteiger partial charge >= 0.3 is 0 Å². The Morgan fingerprint density at radius 2 is 2.00 bits per heavy atom. The fraction of sp³-hybridized carbons (Fsp3) is 0.238. The number of hydrogen-bond donors (Lipinski definition) is 1. The summed E-state index contributed by atoms with van der Waals surface area (Å²) in [7, 11) is 0. The summed E-state index contributed by atoms with van der Waals surface area (Å²) in [5.41, 5.74) is 1.74. The van der Waals surface area contributed by atoms with Crippen LogP contribution in [0.5, 0.6) is 0 Å². The third-order valence-corrected chi connectivity index (χ3v) is 5.01. The van der Waals surface area contributed by atoms with Gasteiger partial charge in [0.2, 0.25) is 5.91 Å². The largest absolute Gasteiger partial charge is 0.467 e. The summed E-state index contributed by atoms with van der Waals surface area (Å²) in [6, 6.07) is 13.0. The third-order valence-electron chi connectivity index (χ3n) is 5.01. The fourth-order valence-corrected chi connectivity index (χ4v) is 3.41. The monoisotopic (exact) mass is 389 g/mol. The molecule has 0 spiro atoms. The number of carbonyl (C=O) groups excluding carboxylic acids is 1. The molecule has 1 fully saturated rings. The minimum absolute atomic E-state index is 0.158. The Labute approximate surface area is 165 Å². The molecule has 5 rings (SSSR count). The highest BCUT2D eigenvalue weighted by atomic mass is 16.3. The average molecular weight is 389 g/mol. The number of fused-ring (bicyclic) bond motifs is 1. The van der Waals surface area contributed by atoms with E-state index < -0.39 is 0 Å². The molecular weight excluding hydrogens is 370 g/mol. The van der Waals surface area contributed by atoms with E-state index in [4.69, 9.17) is 4.42 Å². The molecular formula is C21H19N5O3. The first-order chi connectivity index (χ1) is 14.2. The third kappa shape index (κ3) is 3.33. The number of para-hydroxylation sites is 1. The molecule has 4 aromatic rings. The minimum atomic E-state index is -0.334. The van der Waals surface area contributed by atoms with Crippen LogP contribution in [-0.2, 0) is 17.9 Å². The second kappa shape index (κ2) is 7.05. The van der Waals surface area contributed by atoms with E-state index in [0.29, 0.717) is 17.2 Å². The first-order valence-electron chi connectivity index (χ1n) is 9.54. The maximum absolute atomic E-state index is 13.2. The van der Waals surface area contributed by atoms with Crippen LogP contribution in [-0.4, -0.2) is 25.5 Å². The standard InChI is InChI=1S/C21H19N5O3/c27-18(22-11-16-7-4-10-29-16)13-25-21(28)20-17(19(24-25)14-8-9-14)12-23-26(20)15-5-2-1-3-6-15/h1-7,10,12,14H,8-9,11,13H2,(H,22,27). The maximum atomic E-state index is 13.2. The molecule has 0 unspecified atom stereocenters. The van der Waals surface area contributed by atoms with Gasteiger partial charge in [0.15, 0.2) is 0 Å². The normalized spacial score (nSPS) is 13.7. The van der Waals surface area contributed by atoms with Gasteiger partial charge in [0, 0.05) is 11.3 Å². The summed E-state index contributed by atoms with van der Waals surface area (Å²) < 4.78 is 8.09. The zero-order valence-corrected chi connectivity index (χ0v) is 15.6. The molecule has 146 valence electrons. The number of rotatable bonds is 6. The Hall–Kier alpha value is -3.68. The fourth-order valence-electron chi connectivity index (χ4n) is 3.41. The lowest BCUT2D eigenvalue weighted by molar-refractivity contribution is -0.122. The Bertz CT molecular complexity index is 1220. The predicted octanol–water partition coefficient (Wildman–Crippen LogP) is 2.37. The van der Waals surface area contributed by atoms with Gasteiger partial charge in [0.25, 0.3) is 5.56 Å². The lowest BCUT2D eigenvalue weighted by atomic mass is 10.2. The predicted molar refractivity (Wildman–Crippen MR) is 106 cm³/mol. The summed E-state index contributed by atoms with van der Waals surface area (Å²) in [6.45, 7) is 0.107. The second-order valence-corrected chi connectivity index (χ2v) is 7.13. The maximum Gasteiger partial charge on any atom is 0.293 e. The van der Waals surface area contributed by atoms with Crippen molar-refractivity contribution < 1.29 is 9.21 Å². The number of carbonyl (C=O) groups is 1. The van der Waals surface area contributed by atoms with E-state index in [1.807, 2.05) is 30.3 Å². The van der Waals surface area contributed by atoms with Crippen molar-refractivity contribution >= 4 is 16.8 Å². The minimum Gasteiger partial charge on any atom is -0.467 e. The molecule has 1 aliphatic carbocycles. The molecule has 1 aliphatic rings. The van der Waals surface area contributed by atoms with Crippen LogP contribution in [0.1, 0.15) is 30.2 Å². The van der Waals surface area contributed by atoms with E-state index in [0.717, 1.165) is 29.6 Å². The molecule has 1 saturated carbocycles. The molecule has 1 N–H and O–H groups in total. The van der Waals surface area contributed by atoms with Crippen molar-refractivity contribution in [3.8, 4) is 5.69 Å². The summed E-state index contributed by atoms with van der Waals surface area (Å²) in [5.74, 6) is 0.654. The molecule has 1 aromatic carbocycles. The Kier molecular flexibility index (Phi) is 4.23. The molecule has 1 amide bonds. The van der Waals surface area contributed by atoms with Crippen molar-refractivity contribution in [3.05, 3.63) is 76.7 Å². The van der Waals surface area contributed by atoms with Gasteiger partial charge in [0.05, 0.1) is 30.4 Å². The zero-order valence-electron chi connectivity index (χ0n) is 15.6. The number of amides is 1. The van der Waals surface area contributed by atoms with E-state index in [1.54, 1.807) is 29.3 Å². The number of nitrogens with zero attached hydrogens (tertiary/aromatic N) is 4. The van der Waals surface area contributed by atoms with Gasteiger partial charge in [-0.05, 0) is 37.1 Å². The van der Waals surface area contributed by atoms with Gasteiger partial charge in [0.1, 0.15) is 17.8 Å². The number of aromatic nitrogens is 4. The molecule has 0 atom stereocenters. The molecule has 0 radical (unpaired) electrons. The van der Waals surface area contributed by atoms with Crippen molar-refractivity contribution in [2.75, 3.05) is 0 Å². The quantitative estimate of drug-likeness (QED) is 0.546. The van der Waals surface area contributed by atoms with E-state index in [9.17, 15) is 9.59 Å². The lowest BCUT2D eigenvalue weighted by Crippen LogP contribution is -2.34. The molecule has 29 heavy (non-hydrogen) atoms. The van der Waals surface area contributed by atoms with Crippen LogP contribution in [0.2, 0.25) is 0 Å². The van der Waals surface area contributed by atoms with Crippen LogP contribution in [0.4, 0.5) is 0 Å². The van der Waals surface area contributed by atoms with Gasteiger partial charge in [-0.3, -0.25) is 9.59 Å². The van der Waals surface area contributed by atoms with Crippen molar-refractivity contribution in [1.29, 1.82) is 0 Å². The van der Waals surface area contributed by atoms with Crippen LogP contribution < -0.4 is 10.9 Å². The van der Waals surface area contributed by atoms with Gasteiger partial charge in [-0.25, -0.2) is 9.36 Å². The molecule has 3 aromatic heterocycles. The van der Waals surface area contributed by atoms with Crippen LogP contribution in [0.3, 0.4) is 0 Å². The van der Waals surface area contributed by atoms with E-state index in [2.05, 4.69) is 15.5 Å². The highest BCUT2D eigenvalue weighted by Crippen LogP contribution is 2.41. The van der Waals surface area contributed by atoms with Gasteiger partial charge < -0.3 is 9.73 Å². The average Bonchev–Trinajstić information content (AvgIpc) is 3.26. The molecule has 8 heteroatoms. The first kappa shape index (κ1) is 17.4. The van der Waals surface area contributed by atoms with Gasteiger partial charge in [-0.2, -0.15) is 10.2 Å². The summed E-state index contributed by atoms with van der Waals surface area (Å²) in [4.78, 5) is 25.6. The molecule has 8 nitrogen and oxygen atoms in total. The second-order valence-electron chi connectivity index (χ2n) is 7.13. The highest BCUT2D eigenvalue weighted by Gasteiger charge is 2.30. The van der Waals surface area contributed by atoms with Crippen LogP contribution in [0, 0.1) is 0 Å². The number of hydrogen-bond acceptors (Lipinski definition) is 5. The van der Waals surface area contributed by atoms with Crippen LogP contribution >= 0.6 is 0 Å². The van der Waals surface area contributed by atoms with Gasteiger partial charge in [-0.1, -0.05) is 18.2 Å². The van der Waals surface area contributed by atoms with Crippen molar-refractivity contribution in [1.82, 2.24) is 24.9 Å². The number of nitrogens with one attached hydrogen (secondary N) is 1. The summed E-state index contributed by atoms with van der Waals surface area (Å²) >= 11 is 0. The molecule has 3 heterocycles. The Morgan fingerprint density at radius 3 is 2.72 bits per heavy atom. The van der Waals surface area contributed by atoms with Crippen LogP contribution in [0.15, 0.2) is 64.1 Å². The summed E-state index contributed by atoms with van der Waals surface area (Å²) in [6.07, 6.45) is 5.31.